The maximum Gasteiger partial charge on any atom is 0.378 e. The van der Waals surface area contributed by atoms with E-state index in [1.165, 1.54) is 29.5 Å². The van der Waals surface area contributed by atoms with Gasteiger partial charge in [-0.1, -0.05) is 0 Å². The first-order chi connectivity index (χ1) is 7.20. The predicted molar refractivity (Wildman–Crippen MR) is 72.0 cm³/mol. The molecule has 0 saturated heterocycles. The molecule has 4 nitrogen and oxygen atoms in total. The van der Waals surface area contributed by atoms with Crippen molar-refractivity contribution >= 4 is 61.7 Å². The second-order valence-electron chi connectivity index (χ2n) is 1.74. The highest BCUT2D eigenvalue weighted by Crippen LogP contribution is 2.49. The third-order valence-corrected chi connectivity index (χ3v) is 8.32. The van der Waals surface area contributed by atoms with Crippen molar-refractivity contribution in [2.24, 2.45) is 0 Å². The summed E-state index contributed by atoms with van der Waals surface area (Å²) in [4.78, 5) is 21.7. The molecule has 0 rings (SSSR count). The number of hydrogen-bond donors (Lipinski definition) is 0. The maximum absolute atomic E-state index is 10.8. The lowest BCUT2D eigenvalue weighted by Gasteiger charge is -1.99. The first-order valence-corrected chi connectivity index (χ1v) is 10.0. The Hall–Kier alpha value is 0.690. The minimum Gasteiger partial charge on any atom is -0.457 e. The summed E-state index contributed by atoms with van der Waals surface area (Å²) < 4.78 is 9.38. The van der Waals surface area contributed by atoms with Gasteiger partial charge in [0.25, 0.3) is 0 Å². The second kappa shape index (κ2) is 11.2. The van der Waals surface area contributed by atoms with Gasteiger partial charge in [0.05, 0.1) is 13.2 Å². The first-order valence-electron chi connectivity index (χ1n) is 3.88. The van der Waals surface area contributed by atoms with Gasteiger partial charge >= 0.3 is 10.6 Å². The van der Waals surface area contributed by atoms with Gasteiger partial charge in [-0.3, -0.25) is 0 Å². The topological polar surface area (TPSA) is 52.6 Å². The number of rotatable bonds is 6. The van der Waals surface area contributed by atoms with E-state index < -0.39 is 0 Å². The van der Waals surface area contributed by atoms with Crippen molar-refractivity contribution in [3.63, 3.8) is 0 Å². The standard InChI is InChI=1S/C6H10O4S5/c1-3-9-5(7)11-13-15-14-12-6(8)10-4-2/h3-4H2,1-2H3. The smallest absolute Gasteiger partial charge is 0.378 e. The molecule has 0 N–H and O–H groups in total. The molecule has 0 spiro atoms. The molecular formula is C6H10O4S5. The van der Waals surface area contributed by atoms with Crippen LogP contribution < -0.4 is 0 Å². The van der Waals surface area contributed by atoms with Crippen LogP contribution in [0.4, 0.5) is 9.59 Å². The van der Waals surface area contributed by atoms with Crippen molar-refractivity contribution in [3.8, 4) is 0 Å². The fourth-order valence-electron chi connectivity index (χ4n) is 0.378. The van der Waals surface area contributed by atoms with Gasteiger partial charge in [0.15, 0.2) is 0 Å². The zero-order chi connectivity index (χ0) is 11.5. The SMILES string of the molecule is CCOC(=O)SSSSSC(=O)OCC. The molecule has 0 aliphatic rings. The summed E-state index contributed by atoms with van der Waals surface area (Å²) in [5.74, 6) is 0. The molecule has 0 bridgehead atoms. The first kappa shape index (κ1) is 15.7. The molecule has 0 aromatic rings. The molecule has 0 radical (unpaired) electrons. The van der Waals surface area contributed by atoms with Gasteiger partial charge in [0, 0.05) is 21.6 Å². The Labute approximate surface area is 107 Å². The van der Waals surface area contributed by atoms with Crippen LogP contribution >= 0.6 is 51.1 Å². The third-order valence-electron chi connectivity index (χ3n) is 0.784. The van der Waals surface area contributed by atoms with E-state index in [1.807, 2.05) is 0 Å². The second-order valence-corrected chi connectivity index (χ2v) is 9.04. The third kappa shape index (κ3) is 11.0. The van der Waals surface area contributed by atoms with Crippen LogP contribution in [0.5, 0.6) is 0 Å². The molecule has 15 heavy (non-hydrogen) atoms. The summed E-state index contributed by atoms with van der Waals surface area (Å²) in [6.45, 7) is 4.26. The van der Waals surface area contributed by atoms with E-state index in [9.17, 15) is 9.59 Å². The summed E-state index contributed by atoms with van der Waals surface area (Å²) >= 11 is 0. The highest BCUT2D eigenvalue weighted by Gasteiger charge is 2.06. The molecule has 0 saturated carbocycles. The van der Waals surface area contributed by atoms with Crippen LogP contribution in [-0.2, 0) is 9.47 Å². The van der Waals surface area contributed by atoms with E-state index >= 15 is 0 Å². The van der Waals surface area contributed by atoms with Crippen molar-refractivity contribution in [1.29, 1.82) is 0 Å². The lowest BCUT2D eigenvalue weighted by Crippen LogP contribution is -1.93. The van der Waals surface area contributed by atoms with E-state index in [0.29, 0.717) is 13.2 Å². The lowest BCUT2D eigenvalue weighted by molar-refractivity contribution is 0.181. The Morgan fingerprint density at radius 2 is 1.27 bits per heavy atom. The minimum absolute atomic E-state index is 0.322. The van der Waals surface area contributed by atoms with Crippen molar-refractivity contribution < 1.29 is 19.1 Å². The normalized spacial score (nSPS) is 9.73. The van der Waals surface area contributed by atoms with Crippen molar-refractivity contribution in [2.75, 3.05) is 13.2 Å². The molecule has 0 fully saturated rings. The van der Waals surface area contributed by atoms with Crippen molar-refractivity contribution in [1.82, 2.24) is 0 Å². The van der Waals surface area contributed by atoms with E-state index in [4.69, 9.17) is 9.47 Å². The summed E-state index contributed by atoms with van der Waals surface area (Å²) in [6, 6.07) is 0. The summed E-state index contributed by atoms with van der Waals surface area (Å²) in [6.07, 6.45) is 0. The van der Waals surface area contributed by atoms with Crippen molar-refractivity contribution in [2.45, 2.75) is 13.8 Å². The Bertz CT molecular complexity index is 180. The molecule has 0 aliphatic carbocycles. The van der Waals surface area contributed by atoms with Gasteiger partial charge in [-0.2, -0.15) is 0 Å². The zero-order valence-electron chi connectivity index (χ0n) is 8.09. The van der Waals surface area contributed by atoms with Crippen LogP contribution in [0.2, 0.25) is 0 Å². The lowest BCUT2D eigenvalue weighted by atomic mass is 10.9. The van der Waals surface area contributed by atoms with E-state index in [0.717, 1.165) is 21.6 Å². The van der Waals surface area contributed by atoms with Gasteiger partial charge < -0.3 is 9.47 Å². The average molecular weight is 306 g/mol. The summed E-state index contributed by atoms with van der Waals surface area (Å²) in [7, 11) is 5.82. The minimum atomic E-state index is -0.322. The van der Waals surface area contributed by atoms with Crippen LogP contribution in [0.1, 0.15) is 13.8 Å². The summed E-state index contributed by atoms with van der Waals surface area (Å²) in [5, 5.41) is -0.645. The van der Waals surface area contributed by atoms with E-state index in [2.05, 4.69) is 0 Å². The van der Waals surface area contributed by atoms with E-state index in [1.54, 1.807) is 13.8 Å². The Morgan fingerprint density at radius 3 is 1.60 bits per heavy atom. The molecule has 0 unspecified atom stereocenters. The summed E-state index contributed by atoms with van der Waals surface area (Å²) in [5.41, 5.74) is 0. The molecule has 9 heteroatoms. The fraction of sp³-hybridized carbons (Fsp3) is 0.667. The van der Waals surface area contributed by atoms with Gasteiger partial charge in [0.2, 0.25) is 0 Å². The number of ether oxygens (including phenoxy) is 2. The molecule has 0 atom stereocenters. The predicted octanol–water partition coefficient (Wildman–Crippen LogP) is 4.63. The van der Waals surface area contributed by atoms with Gasteiger partial charge in [0.1, 0.15) is 0 Å². The molecule has 0 heterocycles. The monoisotopic (exact) mass is 306 g/mol. The molecule has 0 aliphatic heterocycles. The van der Waals surface area contributed by atoms with Crippen LogP contribution in [0.25, 0.3) is 0 Å². The van der Waals surface area contributed by atoms with Crippen LogP contribution in [0.15, 0.2) is 0 Å². The molecule has 0 aromatic heterocycles. The zero-order valence-corrected chi connectivity index (χ0v) is 12.2. The van der Waals surface area contributed by atoms with Gasteiger partial charge in [-0.25, -0.2) is 9.59 Å². The number of hydrogen-bond acceptors (Lipinski definition) is 9. The number of carbonyl (C=O) groups excluding carboxylic acids is 2. The largest absolute Gasteiger partial charge is 0.457 e. The van der Waals surface area contributed by atoms with E-state index in [-0.39, 0.29) is 10.6 Å². The molecule has 0 amide bonds. The molecule has 0 aromatic carbocycles. The maximum atomic E-state index is 10.8. The van der Waals surface area contributed by atoms with Gasteiger partial charge in [-0.05, 0) is 43.3 Å². The average Bonchev–Trinajstić information content (AvgIpc) is 2.18. The van der Waals surface area contributed by atoms with Gasteiger partial charge in [-0.15, -0.1) is 0 Å². The quantitative estimate of drug-likeness (QED) is 0.397. The molecular weight excluding hydrogens is 296 g/mol. The highest BCUT2D eigenvalue weighted by molar-refractivity contribution is 9.37. The van der Waals surface area contributed by atoms with Crippen LogP contribution in [-0.4, -0.2) is 23.8 Å². The number of carbonyl (C=O) groups is 2. The fourth-order valence-corrected chi connectivity index (χ4v) is 7.41. The van der Waals surface area contributed by atoms with Crippen LogP contribution in [0.3, 0.4) is 0 Å². The van der Waals surface area contributed by atoms with Crippen LogP contribution in [0, 0.1) is 0 Å². The Morgan fingerprint density at radius 1 is 0.867 bits per heavy atom. The highest BCUT2D eigenvalue weighted by atomic mass is 33.8. The Balaban J connectivity index is 3.24. The Kier molecular flexibility index (Phi) is 11.7. The van der Waals surface area contributed by atoms with Crippen molar-refractivity contribution in [3.05, 3.63) is 0 Å². The molecule has 88 valence electrons.